The zero-order chi connectivity index (χ0) is 28.0. The van der Waals surface area contributed by atoms with Crippen molar-refractivity contribution in [3.8, 4) is 0 Å². The Morgan fingerprint density at radius 1 is 1.26 bits per heavy atom. The number of nitrogens with zero attached hydrogens (tertiary/aromatic N) is 2. The molecule has 1 aliphatic carbocycles. The molecule has 0 bridgehead atoms. The number of rotatable bonds is 12. The lowest BCUT2D eigenvalue weighted by molar-refractivity contribution is -0.142. The molecule has 13 heteroatoms. The molecule has 1 heterocycles. The Hall–Kier alpha value is -3.06. The highest BCUT2D eigenvalue weighted by Gasteiger charge is 2.44. The van der Waals surface area contributed by atoms with E-state index in [1.165, 1.54) is 37.1 Å². The number of anilines is 2. The van der Waals surface area contributed by atoms with Crippen molar-refractivity contribution < 1.29 is 36.2 Å². The first-order valence-corrected chi connectivity index (χ1v) is 13.9. The van der Waals surface area contributed by atoms with Gasteiger partial charge in [0.05, 0.1) is 42.3 Å². The smallest absolute Gasteiger partial charge is 0.392 e. The molecule has 1 aromatic carbocycles. The Morgan fingerprint density at radius 2 is 1.95 bits per heavy atom. The van der Waals surface area contributed by atoms with E-state index in [0.717, 1.165) is 12.8 Å². The van der Waals surface area contributed by atoms with Crippen LogP contribution in [0.5, 0.6) is 0 Å². The minimum absolute atomic E-state index is 0.178. The van der Waals surface area contributed by atoms with Gasteiger partial charge in [-0.05, 0) is 62.9 Å². The van der Waals surface area contributed by atoms with E-state index < -0.39 is 47.5 Å². The minimum Gasteiger partial charge on any atom is -0.477 e. The van der Waals surface area contributed by atoms with E-state index in [9.17, 15) is 26.4 Å². The largest absolute Gasteiger partial charge is 0.477 e. The second-order valence-electron chi connectivity index (χ2n) is 9.42. The van der Waals surface area contributed by atoms with Crippen molar-refractivity contribution in [1.82, 2.24) is 5.32 Å². The van der Waals surface area contributed by atoms with Gasteiger partial charge in [-0.1, -0.05) is 6.08 Å². The van der Waals surface area contributed by atoms with Gasteiger partial charge in [-0.15, -0.1) is 0 Å². The van der Waals surface area contributed by atoms with E-state index in [1.54, 1.807) is 13.0 Å². The average molecular weight is 559 g/mol. The predicted octanol–water partition coefficient (Wildman–Crippen LogP) is 3.95. The van der Waals surface area contributed by atoms with Crippen LogP contribution < -0.4 is 14.9 Å². The summed E-state index contributed by atoms with van der Waals surface area (Å²) in [7, 11) is -3.77. The fourth-order valence-electron chi connectivity index (χ4n) is 4.23. The van der Waals surface area contributed by atoms with Gasteiger partial charge < -0.3 is 20.1 Å². The molecule has 2 fully saturated rings. The number of halogens is 3. The van der Waals surface area contributed by atoms with Crippen LogP contribution in [0, 0.1) is 5.41 Å². The lowest BCUT2D eigenvalue weighted by Gasteiger charge is -2.35. The number of allylic oxidation sites excluding steroid dienone is 2. The number of carbonyl (C=O) groups excluding carboxylic acids is 1. The van der Waals surface area contributed by atoms with Crippen LogP contribution in [0.25, 0.3) is 0 Å². The predicted molar refractivity (Wildman–Crippen MR) is 140 cm³/mol. The number of nitrogens with one attached hydrogen (secondary N) is 2. The molecule has 3 N–H and O–H groups in total. The van der Waals surface area contributed by atoms with Gasteiger partial charge in [0, 0.05) is 24.9 Å². The summed E-state index contributed by atoms with van der Waals surface area (Å²) in [5.41, 5.74) is 1.71. The number of carbonyl (C=O) groups is 1. The quantitative estimate of drug-likeness (QED) is 0.203. The Morgan fingerprint density at radius 3 is 2.50 bits per heavy atom. The van der Waals surface area contributed by atoms with Gasteiger partial charge in [-0.3, -0.25) is 9.52 Å². The zero-order valence-electron chi connectivity index (χ0n) is 21.2. The van der Waals surface area contributed by atoms with Crippen LogP contribution in [-0.4, -0.2) is 64.4 Å². The lowest BCUT2D eigenvalue weighted by Crippen LogP contribution is -2.36. The number of alkyl halides is 3. The first-order chi connectivity index (χ1) is 17.9. The van der Waals surface area contributed by atoms with Gasteiger partial charge in [0.1, 0.15) is 0 Å². The maximum Gasteiger partial charge on any atom is 0.392 e. The topological polar surface area (TPSA) is 120 Å². The van der Waals surface area contributed by atoms with Crippen LogP contribution in [0.15, 0.2) is 46.9 Å². The van der Waals surface area contributed by atoms with Gasteiger partial charge in [0.15, 0.2) is 0 Å². The van der Waals surface area contributed by atoms with E-state index in [4.69, 9.17) is 9.84 Å². The molecule has 38 heavy (non-hydrogen) atoms. The molecule has 0 unspecified atom stereocenters. The fraction of sp³-hybridized carbons (Fsp3) is 0.520. The molecule has 3 rings (SSSR count). The third-order valence-corrected chi connectivity index (χ3v) is 7.90. The normalized spacial score (nSPS) is 17.8. The molecular formula is C25H33F3N4O5S. The number of amides is 1. The van der Waals surface area contributed by atoms with Gasteiger partial charge in [-0.2, -0.15) is 13.2 Å². The van der Waals surface area contributed by atoms with Crippen molar-refractivity contribution in [1.29, 1.82) is 0 Å². The third kappa shape index (κ3) is 8.48. The van der Waals surface area contributed by atoms with Crippen LogP contribution in [-0.2, 0) is 14.8 Å². The number of piperidine rings is 1. The lowest BCUT2D eigenvalue weighted by atomic mass is 9.93. The Bertz CT molecular complexity index is 1180. The average Bonchev–Trinajstić information content (AvgIpc) is 3.60. The molecule has 2 aliphatic rings. The summed E-state index contributed by atoms with van der Waals surface area (Å²) >= 11 is 0. The van der Waals surface area contributed by atoms with Crippen LogP contribution >= 0.6 is 0 Å². The number of aliphatic imine (C=N–C) groups is 1. The first kappa shape index (κ1) is 29.5. The Kier molecular flexibility index (Phi) is 9.47. The molecule has 1 aliphatic heterocycles. The number of ether oxygens (including phenoxy) is 1. The fourth-order valence-corrected chi connectivity index (χ4v) is 5.05. The van der Waals surface area contributed by atoms with E-state index in [-0.39, 0.29) is 17.3 Å². The Balaban J connectivity index is 1.81. The molecule has 210 valence electrons. The molecule has 1 saturated carbocycles. The second kappa shape index (κ2) is 12.2. The summed E-state index contributed by atoms with van der Waals surface area (Å²) in [6.45, 7) is 5.17. The molecular weight excluding hydrogens is 525 g/mol. The number of hydrogen-bond donors (Lipinski definition) is 3. The molecule has 9 nitrogen and oxygen atoms in total. The molecule has 0 radical (unpaired) electrons. The standard InChI is InChI=1S/C25H33F3N4O5S/c1-3-18(17-22(29-2)37-14-10-25(26,27)28)30-23(34)20-5-4-19(31-38(35,36)15-13-33)16-21(20)32-11-8-24(6-7-24)9-12-32/h3-5,16-17,31,33H,2,6-15H2,1H3,(H,30,34)/b18-3+,22-17+. The van der Waals surface area contributed by atoms with E-state index in [1.807, 2.05) is 4.90 Å². The summed E-state index contributed by atoms with van der Waals surface area (Å²) in [5.74, 6) is -1.14. The van der Waals surface area contributed by atoms with Crippen molar-refractivity contribution in [2.75, 3.05) is 41.7 Å². The second-order valence-corrected chi connectivity index (χ2v) is 11.3. The first-order valence-electron chi connectivity index (χ1n) is 12.3. The molecule has 1 aromatic rings. The summed E-state index contributed by atoms with van der Waals surface area (Å²) in [6.07, 6.45) is 1.59. The monoisotopic (exact) mass is 558 g/mol. The summed E-state index contributed by atoms with van der Waals surface area (Å²) in [4.78, 5) is 18.9. The molecule has 1 amide bonds. The number of sulfonamides is 1. The molecule has 1 spiro atoms. The summed E-state index contributed by atoms with van der Waals surface area (Å²) in [5, 5.41) is 11.7. The van der Waals surface area contributed by atoms with Gasteiger partial charge in [-0.25, -0.2) is 13.4 Å². The highest BCUT2D eigenvalue weighted by molar-refractivity contribution is 7.92. The van der Waals surface area contributed by atoms with E-state index in [0.29, 0.717) is 29.8 Å². The molecule has 1 saturated heterocycles. The highest BCUT2D eigenvalue weighted by atomic mass is 32.2. The Labute approximate surface area is 220 Å². The van der Waals surface area contributed by atoms with Crippen molar-refractivity contribution in [2.45, 2.75) is 45.2 Å². The van der Waals surface area contributed by atoms with E-state index >= 15 is 0 Å². The van der Waals surface area contributed by atoms with Crippen molar-refractivity contribution >= 4 is 34.0 Å². The maximum absolute atomic E-state index is 13.3. The maximum atomic E-state index is 13.3. The van der Waals surface area contributed by atoms with Crippen molar-refractivity contribution in [3.05, 3.63) is 47.5 Å². The van der Waals surface area contributed by atoms with Gasteiger partial charge in [0.2, 0.25) is 15.9 Å². The van der Waals surface area contributed by atoms with Crippen LogP contribution in [0.1, 0.15) is 49.4 Å². The van der Waals surface area contributed by atoms with E-state index in [2.05, 4.69) is 21.7 Å². The zero-order valence-corrected chi connectivity index (χ0v) is 22.0. The van der Waals surface area contributed by atoms with Crippen molar-refractivity contribution in [3.63, 3.8) is 0 Å². The SMILES string of the molecule is C=N/C(=C\C(=C/C)NC(=O)c1ccc(NS(=O)(=O)CCO)cc1N1CCC2(CC1)CC2)OCCC(F)(F)F. The van der Waals surface area contributed by atoms with Gasteiger partial charge in [0.25, 0.3) is 5.91 Å². The summed E-state index contributed by atoms with van der Waals surface area (Å²) < 4.78 is 69.1. The number of aliphatic hydroxyl groups is 1. The summed E-state index contributed by atoms with van der Waals surface area (Å²) in [6, 6.07) is 4.56. The van der Waals surface area contributed by atoms with Crippen LogP contribution in [0.3, 0.4) is 0 Å². The van der Waals surface area contributed by atoms with Crippen molar-refractivity contribution in [2.24, 2.45) is 10.4 Å². The minimum atomic E-state index is -4.38. The molecule has 0 aromatic heterocycles. The van der Waals surface area contributed by atoms with Crippen LogP contribution in [0.4, 0.5) is 24.5 Å². The number of benzene rings is 1. The third-order valence-electron chi connectivity index (χ3n) is 6.64. The number of hydrogen-bond acceptors (Lipinski definition) is 7. The van der Waals surface area contributed by atoms with Crippen LogP contribution in [0.2, 0.25) is 0 Å². The molecule has 0 atom stereocenters. The van der Waals surface area contributed by atoms with Gasteiger partial charge >= 0.3 is 6.18 Å². The number of aliphatic hydroxyl groups excluding tert-OH is 1. The highest BCUT2D eigenvalue weighted by Crippen LogP contribution is 2.54.